The molecule has 0 N–H and O–H groups in total. The van der Waals surface area contributed by atoms with Gasteiger partial charge in [0.15, 0.2) is 0 Å². The molecular formula is C12H9FN2OS. The molecular weight excluding hydrogens is 239 g/mol. The van der Waals surface area contributed by atoms with Crippen molar-refractivity contribution in [1.82, 2.24) is 4.98 Å². The third-order valence-electron chi connectivity index (χ3n) is 2.27. The monoisotopic (exact) mass is 248 g/mol. The number of hydrogen-bond donors (Lipinski definition) is 0. The van der Waals surface area contributed by atoms with Crippen molar-refractivity contribution in [2.75, 3.05) is 0 Å². The summed E-state index contributed by atoms with van der Waals surface area (Å²) in [5, 5.41) is 9.36. The lowest BCUT2D eigenvalue weighted by molar-refractivity contribution is 0.431. The Kier molecular flexibility index (Phi) is 3.16. The second kappa shape index (κ2) is 4.60. The number of oxazole rings is 1. The van der Waals surface area contributed by atoms with E-state index in [-0.39, 0.29) is 5.56 Å². The molecule has 1 heterocycles. The topological polar surface area (TPSA) is 49.8 Å². The zero-order chi connectivity index (χ0) is 12.4. The van der Waals surface area contributed by atoms with Gasteiger partial charge in [-0.2, -0.15) is 5.26 Å². The number of rotatable bonds is 2. The first-order chi connectivity index (χ1) is 8.10. The first kappa shape index (κ1) is 11.7. The number of halogens is 1. The Morgan fingerprint density at radius 3 is 2.76 bits per heavy atom. The number of aryl methyl sites for hydroxylation is 2. The second-order valence-corrected chi connectivity index (χ2v) is 4.47. The second-order valence-electron chi connectivity index (χ2n) is 3.48. The Labute approximate surface area is 102 Å². The highest BCUT2D eigenvalue weighted by molar-refractivity contribution is 7.99. The molecule has 1 aromatic heterocycles. The predicted molar refractivity (Wildman–Crippen MR) is 61.2 cm³/mol. The van der Waals surface area contributed by atoms with Crippen LogP contribution in [0.1, 0.15) is 17.0 Å². The summed E-state index contributed by atoms with van der Waals surface area (Å²) in [4.78, 5) is 4.83. The maximum absolute atomic E-state index is 12.9. The molecule has 0 saturated heterocycles. The van der Waals surface area contributed by atoms with Crippen molar-refractivity contribution in [3.05, 3.63) is 41.0 Å². The lowest BCUT2D eigenvalue weighted by Crippen LogP contribution is -1.84. The zero-order valence-corrected chi connectivity index (χ0v) is 10.1. The van der Waals surface area contributed by atoms with Gasteiger partial charge in [-0.15, -0.1) is 0 Å². The van der Waals surface area contributed by atoms with Gasteiger partial charge in [-0.25, -0.2) is 9.37 Å². The van der Waals surface area contributed by atoms with E-state index in [1.165, 1.54) is 23.9 Å². The van der Waals surface area contributed by atoms with Crippen LogP contribution in [0.4, 0.5) is 4.39 Å². The van der Waals surface area contributed by atoms with E-state index in [4.69, 9.17) is 9.68 Å². The summed E-state index contributed by atoms with van der Waals surface area (Å²) in [5.41, 5.74) is 1.09. The van der Waals surface area contributed by atoms with Gasteiger partial charge >= 0.3 is 0 Å². The fourth-order valence-corrected chi connectivity index (χ4v) is 2.15. The molecule has 0 aliphatic heterocycles. The number of hydrogen-bond acceptors (Lipinski definition) is 4. The van der Waals surface area contributed by atoms with E-state index in [0.29, 0.717) is 10.1 Å². The van der Waals surface area contributed by atoms with Gasteiger partial charge < -0.3 is 4.42 Å². The molecule has 0 fully saturated rings. The van der Waals surface area contributed by atoms with E-state index in [9.17, 15) is 4.39 Å². The van der Waals surface area contributed by atoms with Crippen LogP contribution in [0.2, 0.25) is 0 Å². The third-order valence-corrected chi connectivity index (χ3v) is 3.19. The lowest BCUT2D eigenvalue weighted by Gasteiger charge is -1.99. The minimum absolute atomic E-state index is 0.281. The molecule has 0 atom stereocenters. The first-order valence-corrected chi connectivity index (χ1v) is 5.73. The van der Waals surface area contributed by atoms with Gasteiger partial charge in [0, 0.05) is 4.90 Å². The standard InChI is InChI=1S/C12H9FN2OS/c1-7-8(2)16-12(15-7)17-11-4-3-10(13)5-9(11)6-14/h3-5H,1-2H3. The van der Waals surface area contributed by atoms with Crippen molar-refractivity contribution in [2.24, 2.45) is 0 Å². The summed E-state index contributed by atoms with van der Waals surface area (Å²) in [6.07, 6.45) is 0. The Hall–Kier alpha value is -1.80. The fraction of sp³-hybridized carbons (Fsp3) is 0.167. The molecule has 0 saturated carbocycles. The van der Waals surface area contributed by atoms with Crippen LogP contribution in [0.25, 0.3) is 0 Å². The van der Waals surface area contributed by atoms with Gasteiger partial charge in [0.1, 0.15) is 17.6 Å². The molecule has 0 amide bonds. The van der Waals surface area contributed by atoms with Crippen LogP contribution in [-0.2, 0) is 0 Å². The molecule has 0 unspecified atom stereocenters. The summed E-state index contributed by atoms with van der Waals surface area (Å²) in [7, 11) is 0. The highest BCUT2D eigenvalue weighted by atomic mass is 32.2. The van der Waals surface area contributed by atoms with Crippen molar-refractivity contribution >= 4 is 11.8 Å². The van der Waals surface area contributed by atoms with Crippen LogP contribution in [0.15, 0.2) is 32.7 Å². The average Bonchev–Trinajstić information content (AvgIpc) is 2.60. The molecule has 1 aromatic carbocycles. The highest BCUT2D eigenvalue weighted by Crippen LogP contribution is 2.31. The summed E-state index contributed by atoms with van der Waals surface area (Å²) >= 11 is 1.22. The van der Waals surface area contributed by atoms with Gasteiger partial charge in [0.05, 0.1) is 11.3 Å². The van der Waals surface area contributed by atoms with Gasteiger partial charge in [0.2, 0.25) is 0 Å². The minimum atomic E-state index is -0.425. The molecule has 3 nitrogen and oxygen atoms in total. The van der Waals surface area contributed by atoms with Crippen LogP contribution in [0.3, 0.4) is 0 Å². The van der Waals surface area contributed by atoms with Crippen molar-refractivity contribution < 1.29 is 8.81 Å². The van der Waals surface area contributed by atoms with E-state index in [1.54, 1.807) is 6.07 Å². The van der Waals surface area contributed by atoms with Crippen LogP contribution in [0, 0.1) is 31.0 Å². The van der Waals surface area contributed by atoms with E-state index in [0.717, 1.165) is 11.5 Å². The van der Waals surface area contributed by atoms with Crippen molar-refractivity contribution in [2.45, 2.75) is 24.0 Å². The number of nitriles is 1. The van der Waals surface area contributed by atoms with Crippen LogP contribution in [0.5, 0.6) is 0 Å². The summed E-state index contributed by atoms with van der Waals surface area (Å²) in [6.45, 7) is 3.67. The number of benzene rings is 1. The molecule has 5 heteroatoms. The molecule has 0 radical (unpaired) electrons. The van der Waals surface area contributed by atoms with Gasteiger partial charge in [-0.1, -0.05) is 0 Å². The van der Waals surface area contributed by atoms with Crippen molar-refractivity contribution in [1.29, 1.82) is 5.26 Å². The van der Waals surface area contributed by atoms with E-state index in [2.05, 4.69) is 4.98 Å². The molecule has 0 bridgehead atoms. The molecule has 86 valence electrons. The largest absolute Gasteiger partial charge is 0.436 e. The van der Waals surface area contributed by atoms with Crippen LogP contribution >= 0.6 is 11.8 Å². The van der Waals surface area contributed by atoms with Crippen molar-refractivity contribution in [3.8, 4) is 6.07 Å². The molecule has 2 aromatic rings. The maximum atomic E-state index is 12.9. The fourth-order valence-electron chi connectivity index (χ4n) is 1.26. The maximum Gasteiger partial charge on any atom is 0.261 e. The quantitative estimate of drug-likeness (QED) is 0.816. The van der Waals surface area contributed by atoms with Crippen molar-refractivity contribution in [3.63, 3.8) is 0 Å². The lowest BCUT2D eigenvalue weighted by atomic mass is 10.2. The smallest absolute Gasteiger partial charge is 0.261 e. The number of nitrogens with zero attached hydrogens (tertiary/aromatic N) is 2. The van der Waals surface area contributed by atoms with E-state index < -0.39 is 5.82 Å². The summed E-state index contributed by atoms with van der Waals surface area (Å²) in [5.74, 6) is 0.318. The average molecular weight is 248 g/mol. The summed E-state index contributed by atoms with van der Waals surface area (Å²) < 4.78 is 18.3. The Bertz CT molecular complexity index is 582. The molecule has 0 aliphatic carbocycles. The van der Waals surface area contributed by atoms with Gasteiger partial charge in [0.25, 0.3) is 5.22 Å². The Morgan fingerprint density at radius 1 is 1.41 bits per heavy atom. The Balaban J connectivity index is 2.33. The summed E-state index contributed by atoms with van der Waals surface area (Å²) in [6, 6.07) is 6.01. The minimum Gasteiger partial charge on any atom is -0.436 e. The normalized spacial score (nSPS) is 10.2. The van der Waals surface area contributed by atoms with Crippen LogP contribution < -0.4 is 0 Å². The Morgan fingerprint density at radius 2 is 2.18 bits per heavy atom. The number of aromatic nitrogens is 1. The highest BCUT2D eigenvalue weighted by Gasteiger charge is 2.11. The van der Waals surface area contributed by atoms with E-state index >= 15 is 0 Å². The van der Waals surface area contributed by atoms with Gasteiger partial charge in [-0.3, -0.25) is 0 Å². The molecule has 17 heavy (non-hydrogen) atoms. The molecule has 0 aliphatic rings. The van der Waals surface area contributed by atoms with Crippen LogP contribution in [-0.4, -0.2) is 4.98 Å². The molecule has 2 rings (SSSR count). The SMILES string of the molecule is Cc1nc(Sc2ccc(F)cc2C#N)oc1C. The third kappa shape index (κ3) is 2.48. The predicted octanol–water partition coefficient (Wildman–Crippen LogP) is 3.45. The molecule has 0 spiro atoms. The van der Waals surface area contributed by atoms with Gasteiger partial charge in [-0.05, 0) is 43.8 Å². The van der Waals surface area contributed by atoms with E-state index in [1.807, 2.05) is 19.9 Å². The first-order valence-electron chi connectivity index (χ1n) is 4.91. The zero-order valence-electron chi connectivity index (χ0n) is 9.32.